The summed E-state index contributed by atoms with van der Waals surface area (Å²) < 4.78 is 11.2. The lowest BCUT2D eigenvalue weighted by atomic mass is 10.1. The lowest BCUT2D eigenvalue weighted by Crippen LogP contribution is -2.15. The zero-order valence-corrected chi connectivity index (χ0v) is 14.7. The quantitative estimate of drug-likeness (QED) is 0.534. The first kappa shape index (κ1) is 15.9. The van der Waals surface area contributed by atoms with Crippen LogP contribution in [0.3, 0.4) is 0 Å². The van der Waals surface area contributed by atoms with Crippen molar-refractivity contribution in [2.75, 3.05) is 18.6 Å². The van der Waals surface area contributed by atoms with Crippen LogP contribution in [0.25, 0.3) is 11.3 Å². The van der Waals surface area contributed by atoms with Crippen LogP contribution in [0.15, 0.2) is 52.9 Å². The van der Waals surface area contributed by atoms with Gasteiger partial charge in [0.1, 0.15) is 13.2 Å². The minimum atomic E-state index is 0.567. The summed E-state index contributed by atoms with van der Waals surface area (Å²) in [4.78, 5) is 4.55. The molecule has 0 atom stereocenters. The van der Waals surface area contributed by atoms with Gasteiger partial charge in [0, 0.05) is 21.5 Å². The van der Waals surface area contributed by atoms with Crippen LogP contribution in [0.5, 0.6) is 11.5 Å². The highest BCUT2D eigenvalue weighted by Crippen LogP contribution is 2.35. The number of hydrazone groups is 1. The van der Waals surface area contributed by atoms with Gasteiger partial charge in [0.15, 0.2) is 11.5 Å². The highest BCUT2D eigenvalue weighted by Gasteiger charge is 2.13. The van der Waals surface area contributed by atoms with Crippen molar-refractivity contribution in [1.29, 1.82) is 0 Å². The Morgan fingerprint density at radius 1 is 1.12 bits per heavy atom. The molecule has 4 rings (SSSR count). The first-order valence-corrected chi connectivity index (χ1v) is 8.94. The van der Waals surface area contributed by atoms with Crippen LogP contribution in [0.1, 0.15) is 5.56 Å². The van der Waals surface area contributed by atoms with Crippen LogP contribution in [0.2, 0.25) is 5.02 Å². The zero-order valence-electron chi connectivity index (χ0n) is 13.1. The number of thiazole rings is 1. The third-order valence-electron chi connectivity index (χ3n) is 3.61. The average Bonchev–Trinajstić information content (AvgIpc) is 3.12. The lowest BCUT2D eigenvalue weighted by molar-refractivity contribution is 0.171. The number of hydrogen-bond donors (Lipinski definition) is 1. The number of ether oxygens (including phenoxy) is 2. The first-order chi connectivity index (χ1) is 12.3. The molecule has 0 saturated carbocycles. The third-order valence-corrected chi connectivity index (χ3v) is 4.70. The Kier molecular flexibility index (Phi) is 4.54. The summed E-state index contributed by atoms with van der Waals surface area (Å²) in [5.74, 6) is 1.52. The maximum atomic E-state index is 6.09. The number of nitrogens with one attached hydrogen (secondary N) is 1. The molecule has 0 saturated heterocycles. The molecule has 2 heterocycles. The Hall–Kier alpha value is -2.57. The lowest BCUT2D eigenvalue weighted by Gasteiger charge is -2.18. The van der Waals surface area contributed by atoms with Gasteiger partial charge in [0.05, 0.1) is 11.9 Å². The SMILES string of the molecule is Clc1ccccc1C=NNc1nc(-c2ccc3c(c2)OCCO3)cs1. The molecule has 0 radical (unpaired) electrons. The normalized spacial score (nSPS) is 13.2. The number of nitrogens with zero attached hydrogens (tertiary/aromatic N) is 2. The molecule has 1 aliphatic heterocycles. The number of fused-ring (bicyclic) bond motifs is 1. The van der Waals surface area contributed by atoms with Crippen molar-refractivity contribution in [1.82, 2.24) is 4.98 Å². The van der Waals surface area contributed by atoms with Gasteiger partial charge >= 0.3 is 0 Å². The number of rotatable bonds is 4. The van der Waals surface area contributed by atoms with Gasteiger partial charge in [0.2, 0.25) is 5.13 Å². The molecule has 25 heavy (non-hydrogen) atoms. The highest BCUT2D eigenvalue weighted by atomic mass is 35.5. The molecular weight excluding hydrogens is 358 g/mol. The van der Waals surface area contributed by atoms with E-state index in [0.717, 1.165) is 28.3 Å². The first-order valence-electron chi connectivity index (χ1n) is 7.69. The Bertz CT molecular complexity index is 926. The minimum Gasteiger partial charge on any atom is -0.486 e. The van der Waals surface area contributed by atoms with E-state index in [2.05, 4.69) is 15.5 Å². The van der Waals surface area contributed by atoms with Crippen LogP contribution < -0.4 is 14.9 Å². The number of halogens is 1. The van der Waals surface area contributed by atoms with Crippen LogP contribution in [-0.2, 0) is 0 Å². The fourth-order valence-corrected chi connectivity index (χ4v) is 3.25. The molecule has 2 aromatic carbocycles. The van der Waals surface area contributed by atoms with E-state index in [0.29, 0.717) is 23.4 Å². The molecule has 0 fully saturated rings. The number of hydrogen-bond acceptors (Lipinski definition) is 6. The minimum absolute atomic E-state index is 0.567. The van der Waals surface area contributed by atoms with Crippen molar-refractivity contribution in [2.45, 2.75) is 0 Å². The third kappa shape index (κ3) is 3.60. The van der Waals surface area contributed by atoms with E-state index in [4.69, 9.17) is 21.1 Å². The Morgan fingerprint density at radius 2 is 1.96 bits per heavy atom. The monoisotopic (exact) mass is 371 g/mol. The molecule has 126 valence electrons. The molecule has 0 aliphatic carbocycles. The summed E-state index contributed by atoms with van der Waals surface area (Å²) >= 11 is 7.57. The zero-order chi connectivity index (χ0) is 17.1. The van der Waals surface area contributed by atoms with Gasteiger partial charge in [0.25, 0.3) is 0 Å². The van der Waals surface area contributed by atoms with Crippen molar-refractivity contribution >= 4 is 34.3 Å². The number of anilines is 1. The Balaban J connectivity index is 1.48. The summed E-state index contributed by atoms with van der Waals surface area (Å²) in [5.41, 5.74) is 5.62. The standard InChI is InChI=1S/C18H14ClN3O2S/c19-14-4-2-1-3-13(14)10-20-22-18-21-15(11-25-18)12-5-6-16-17(9-12)24-8-7-23-16/h1-6,9-11H,7-8H2,(H,21,22). The van der Waals surface area contributed by atoms with Gasteiger partial charge in [-0.05, 0) is 24.3 Å². The van der Waals surface area contributed by atoms with E-state index < -0.39 is 0 Å². The van der Waals surface area contributed by atoms with Gasteiger partial charge < -0.3 is 9.47 Å². The fourth-order valence-electron chi connectivity index (χ4n) is 2.40. The van der Waals surface area contributed by atoms with Crippen molar-refractivity contribution in [2.24, 2.45) is 5.10 Å². The molecule has 3 aromatic rings. The van der Waals surface area contributed by atoms with E-state index >= 15 is 0 Å². The number of aromatic nitrogens is 1. The van der Waals surface area contributed by atoms with Crippen molar-refractivity contribution in [3.05, 3.63) is 58.4 Å². The predicted molar refractivity (Wildman–Crippen MR) is 101 cm³/mol. The molecule has 0 unspecified atom stereocenters. The van der Waals surface area contributed by atoms with Gasteiger partial charge in [-0.15, -0.1) is 11.3 Å². The van der Waals surface area contributed by atoms with Crippen LogP contribution in [0.4, 0.5) is 5.13 Å². The molecule has 7 heteroatoms. The molecule has 1 aromatic heterocycles. The smallest absolute Gasteiger partial charge is 0.203 e. The van der Waals surface area contributed by atoms with Crippen LogP contribution >= 0.6 is 22.9 Å². The van der Waals surface area contributed by atoms with E-state index in [9.17, 15) is 0 Å². The van der Waals surface area contributed by atoms with Gasteiger partial charge in [-0.25, -0.2) is 4.98 Å². The topological polar surface area (TPSA) is 55.7 Å². The largest absolute Gasteiger partial charge is 0.486 e. The highest BCUT2D eigenvalue weighted by molar-refractivity contribution is 7.14. The molecule has 0 spiro atoms. The molecule has 0 amide bonds. The van der Waals surface area contributed by atoms with Crippen molar-refractivity contribution < 1.29 is 9.47 Å². The van der Waals surface area contributed by atoms with Gasteiger partial charge in [-0.2, -0.15) is 5.10 Å². The van der Waals surface area contributed by atoms with E-state index in [1.54, 1.807) is 6.21 Å². The molecule has 5 nitrogen and oxygen atoms in total. The van der Waals surface area contributed by atoms with Crippen LogP contribution in [-0.4, -0.2) is 24.4 Å². The molecule has 1 N–H and O–H groups in total. The second kappa shape index (κ2) is 7.13. The van der Waals surface area contributed by atoms with Gasteiger partial charge in [-0.3, -0.25) is 5.43 Å². The molecular formula is C18H14ClN3O2S. The molecule has 0 bridgehead atoms. The summed E-state index contributed by atoms with van der Waals surface area (Å²) in [6.45, 7) is 1.15. The average molecular weight is 372 g/mol. The summed E-state index contributed by atoms with van der Waals surface area (Å²) in [6, 6.07) is 13.3. The maximum absolute atomic E-state index is 6.09. The summed E-state index contributed by atoms with van der Waals surface area (Å²) in [5, 5.41) is 7.52. The second-order valence-corrected chi connectivity index (χ2v) is 6.55. The molecule has 1 aliphatic rings. The second-order valence-electron chi connectivity index (χ2n) is 5.29. The number of benzene rings is 2. The predicted octanol–water partition coefficient (Wildman–Crippen LogP) is 4.68. The van der Waals surface area contributed by atoms with Crippen LogP contribution in [0, 0.1) is 0 Å². The Labute approximate surface area is 153 Å². The van der Waals surface area contributed by atoms with E-state index in [-0.39, 0.29) is 0 Å². The van der Waals surface area contributed by atoms with Gasteiger partial charge in [-0.1, -0.05) is 29.8 Å². The van der Waals surface area contributed by atoms with E-state index in [1.165, 1.54) is 11.3 Å². The maximum Gasteiger partial charge on any atom is 0.203 e. The van der Waals surface area contributed by atoms with E-state index in [1.807, 2.05) is 47.8 Å². The van der Waals surface area contributed by atoms with Crippen molar-refractivity contribution in [3.8, 4) is 22.8 Å². The fraction of sp³-hybridized carbons (Fsp3) is 0.111. The Morgan fingerprint density at radius 3 is 2.84 bits per heavy atom. The summed E-state index contributed by atoms with van der Waals surface area (Å²) in [7, 11) is 0. The van der Waals surface area contributed by atoms with Crippen molar-refractivity contribution in [3.63, 3.8) is 0 Å². The summed E-state index contributed by atoms with van der Waals surface area (Å²) in [6.07, 6.45) is 1.67.